The molecule has 0 saturated carbocycles. The lowest BCUT2D eigenvalue weighted by Crippen LogP contribution is -2.06. The highest BCUT2D eigenvalue weighted by atomic mass is 16.5. The second kappa shape index (κ2) is 5.44. The second-order valence-corrected chi connectivity index (χ2v) is 4.31. The van der Waals surface area contributed by atoms with E-state index in [0.29, 0.717) is 11.3 Å². The van der Waals surface area contributed by atoms with Crippen LogP contribution >= 0.6 is 0 Å². The fraction of sp³-hybridized carbons (Fsp3) is 0.133. The summed E-state index contributed by atoms with van der Waals surface area (Å²) in [4.78, 5) is 11.8. The highest BCUT2D eigenvalue weighted by molar-refractivity contribution is 5.90. The molecule has 2 aromatic rings. The van der Waals surface area contributed by atoms with Gasteiger partial charge in [0.2, 0.25) is 0 Å². The molecule has 0 aliphatic carbocycles. The third-order valence-electron chi connectivity index (χ3n) is 2.81. The Kier molecular flexibility index (Phi) is 3.71. The summed E-state index contributed by atoms with van der Waals surface area (Å²) in [6.45, 7) is 2.01. The van der Waals surface area contributed by atoms with Gasteiger partial charge in [-0.25, -0.2) is 4.79 Å². The summed E-state index contributed by atoms with van der Waals surface area (Å²) in [6.07, 6.45) is 0. The lowest BCUT2D eigenvalue weighted by atomic mass is 10.1. The van der Waals surface area contributed by atoms with Crippen molar-refractivity contribution in [1.29, 1.82) is 0 Å². The number of hydrogen-bond donors (Lipinski definition) is 2. The Morgan fingerprint density at radius 2 is 1.89 bits per heavy atom. The van der Waals surface area contributed by atoms with E-state index in [1.807, 2.05) is 6.92 Å². The van der Waals surface area contributed by atoms with Gasteiger partial charge in [0, 0.05) is 5.69 Å². The molecule has 0 amide bonds. The molecule has 0 fully saturated rings. The summed E-state index contributed by atoms with van der Waals surface area (Å²) >= 11 is 0. The first-order chi connectivity index (χ1) is 9.06. The molecule has 0 aliphatic heterocycles. The number of carbonyl (C=O) groups is 1. The van der Waals surface area contributed by atoms with E-state index in [2.05, 4.69) is 0 Å². The first-order valence-corrected chi connectivity index (χ1v) is 5.87. The van der Waals surface area contributed by atoms with Crippen molar-refractivity contribution in [2.24, 2.45) is 0 Å². The number of rotatable bonds is 3. The Hall–Kier alpha value is -2.49. The van der Waals surface area contributed by atoms with Gasteiger partial charge in [-0.2, -0.15) is 0 Å². The molecule has 0 aliphatic rings. The highest BCUT2D eigenvalue weighted by Gasteiger charge is 2.08. The summed E-state index contributed by atoms with van der Waals surface area (Å²) in [5, 5.41) is 9.15. The van der Waals surface area contributed by atoms with Gasteiger partial charge in [0.15, 0.2) is 0 Å². The van der Waals surface area contributed by atoms with E-state index < -0.39 is 5.97 Å². The molecule has 0 saturated heterocycles. The van der Waals surface area contributed by atoms with Crippen molar-refractivity contribution in [3.8, 4) is 5.75 Å². The van der Waals surface area contributed by atoms with Crippen LogP contribution in [-0.2, 0) is 11.3 Å². The molecule has 4 nitrogen and oxygen atoms in total. The van der Waals surface area contributed by atoms with Gasteiger partial charge in [0.1, 0.15) is 12.4 Å². The van der Waals surface area contributed by atoms with E-state index in [1.165, 1.54) is 0 Å². The van der Waals surface area contributed by atoms with Crippen LogP contribution in [0.3, 0.4) is 0 Å². The van der Waals surface area contributed by atoms with E-state index in [-0.39, 0.29) is 12.4 Å². The maximum absolute atomic E-state index is 11.8. The molecule has 2 aromatic carbocycles. The number of nitrogen functional groups attached to an aromatic ring is 1. The van der Waals surface area contributed by atoms with E-state index in [1.54, 1.807) is 42.5 Å². The lowest BCUT2D eigenvalue weighted by molar-refractivity contribution is 0.0472. The van der Waals surface area contributed by atoms with Crippen LogP contribution in [0.15, 0.2) is 42.5 Å². The largest absolute Gasteiger partial charge is 0.508 e. The summed E-state index contributed by atoms with van der Waals surface area (Å²) in [7, 11) is 0. The quantitative estimate of drug-likeness (QED) is 0.655. The zero-order valence-corrected chi connectivity index (χ0v) is 10.6. The van der Waals surface area contributed by atoms with Crippen LogP contribution in [0.4, 0.5) is 5.69 Å². The summed E-state index contributed by atoms with van der Waals surface area (Å²) < 4.78 is 5.19. The average molecular weight is 257 g/mol. The third-order valence-corrected chi connectivity index (χ3v) is 2.81. The molecule has 0 bridgehead atoms. The Bertz CT molecular complexity index is 591. The lowest BCUT2D eigenvalue weighted by Gasteiger charge is -2.07. The minimum absolute atomic E-state index is 0.169. The molecule has 2 rings (SSSR count). The minimum Gasteiger partial charge on any atom is -0.508 e. The number of phenolic OH excluding ortho intramolecular Hbond substituents is 1. The molecule has 4 heteroatoms. The molecular formula is C15H15NO3. The van der Waals surface area contributed by atoms with Crippen LogP contribution in [0.2, 0.25) is 0 Å². The second-order valence-electron chi connectivity index (χ2n) is 4.31. The van der Waals surface area contributed by atoms with Gasteiger partial charge in [-0.05, 0) is 48.4 Å². The van der Waals surface area contributed by atoms with Crippen molar-refractivity contribution in [2.75, 3.05) is 5.73 Å². The number of aromatic hydroxyl groups is 1. The molecule has 0 unspecified atom stereocenters. The number of anilines is 1. The maximum Gasteiger partial charge on any atom is 0.338 e. The highest BCUT2D eigenvalue weighted by Crippen LogP contribution is 2.15. The normalized spacial score (nSPS) is 10.2. The van der Waals surface area contributed by atoms with E-state index in [0.717, 1.165) is 11.1 Å². The predicted octanol–water partition coefficient (Wildman–Crippen LogP) is 2.64. The molecule has 0 aromatic heterocycles. The number of benzene rings is 2. The Balaban J connectivity index is 2.01. The van der Waals surface area contributed by atoms with E-state index >= 15 is 0 Å². The monoisotopic (exact) mass is 257 g/mol. The zero-order valence-electron chi connectivity index (χ0n) is 10.6. The van der Waals surface area contributed by atoms with Gasteiger partial charge in [-0.1, -0.05) is 12.1 Å². The van der Waals surface area contributed by atoms with Crippen molar-refractivity contribution >= 4 is 11.7 Å². The molecule has 0 spiro atoms. The van der Waals surface area contributed by atoms with Crippen molar-refractivity contribution in [3.05, 3.63) is 59.2 Å². The first-order valence-electron chi connectivity index (χ1n) is 5.87. The maximum atomic E-state index is 11.8. The van der Waals surface area contributed by atoms with Gasteiger partial charge in [-0.3, -0.25) is 0 Å². The van der Waals surface area contributed by atoms with Crippen molar-refractivity contribution in [3.63, 3.8) is 0 Å². The smallest absolute Gasteiger partial charge is 0.338 e. The van der Waals surface area contributed by atoms with E-state index in [4.69, 9.17) is 15.6 Å². The van der Waals surface area contributed by atoms with Crippen LogP contribution in [0, 0.1) is 6.92 Å². The van der Waals surface area contributed by atoms with Crippen molar-refractivity contribution in [2.45, 2.75) is 13.5 Å². The molecular weight excluding hydrogens is 242 g/mol. The summed E-state index contributed by atoms with van der Waals surface area (Å²) in [5.74, 6) is -0.208. The zero-order chi connectivity index (χ0) is 13.8. The van der Waals surface area contributed by atoms with Gasteiger partial charge in [0.05, 0.1) is 5.56 Å². The van der Waals surface area contributed by atoms with Crippen molar-refractivity contribution < 1.29 is 14.6 Å². The fourth-order valence-electron chi connectivity index (χ4n) is 1.63. The predicted molar refractivity (Wildman–Crippen MR) is 72.8 cm³/mol. The van der Waals surface area contributed by atoms with Crippen LogP contribution in [0.25, 0.3) is 0 Å². The number of phenols is 1. The fourth-order valence-corrected chi connectivity index (χ4v) is 1.63. The van der Waals surface area contributed by atoms with Crippen LogP contribution in [0.5, 0.6) is 5.75 Å². The molecule has 3 N–H and O–H groups in total. The minimum atomic E-state index is -0.392. The molecule has 0 atom stereocenters. The number of nitrogens with two attached hydrogens (primary N) is 1. The van der Waals surface area contributed by atoms with Gasteiger partial charge in [0.25, 0.3) is 0 Å². The first kappa shape index (κ1) is 13.0. The topological polar surface area (TPSA) is 72.5 Å². The molecule has 98 valence electrons. The third kappa shape index (κ3) is 3.25. The van der Waals surface area contributed by atoms with Crippen LogP contribution in [-0.4, -0.2) is 11.1 Å². The number of aryl methyl sites for hydroxylation is 1. The van der Waals surface area contributed by atoms with Gasteiger partial charge in [-0.15, -0.1) is 0 Å². The van der Waals surface area contributed by atoms with Gasteiger partial charge < -0.3 is 15.6 Å². The standard InChI is InChI=1S/C15H15NO3/c1-10-8-12(4-7-14(10)16)15(18)19-9-11-2-5-13(17)6-3-11/h2-8,17H,9,16H2,1H3. The summed E-state index contributed by atoms with van der Waals surface area (Å²) in [6, 6.07) is 11.5. The van der Waals surface area contributed by atoms with Crippen molar-refractivity contribution in [1.82, 2.24) is 0 Å². The van der Waals surface area contributed by atoms with Gasteiger partial charge >= 0.3 is 5.97 Å². The number of esters is 1. The average Bonchev–Trinajstić information content (AvgIpc) is 2.41. The molecule has 19 heavy (non-hydrogen) atoms. The number of ether oxygens (including phenoxy) is 1. The van der Waals surface area contributed by atoms with Crippen LogP contribution in [0.1, 0.15) is 21.5 Å². The Labute approximate surface area is 111 Å². The molecule has 0 radical (unpaired) electrons. The van der Waals surface area contributed by atoms with E-state index in [9.17, 15) is 4.79 Å². The Morgan fingerprint density at radius 1 is 1.21 bits per heavy atom. The number of hydrogen-bond acceptors (Lipinski definition) is 4. The number of carbonyl (C=O) groups excluding carboxylic acids is 1. The Morgan fingerprint density at radius 3 is 2.53 bits per heavy atom. The summed E-state index contributed by atoms with van der Waals surface area (Å²) in [5.41, 5.74) is 8.48. The van der Waals surface area contributed by atoms with Crippen LogP contribution < -0.4 is 5.73 Å². The SMILES string of the molecule is Cc1cc(C(=O)OCc2ccc(O)cc2)ccc1N. The molecule has 0 heterocycles.